The van der Waals surface area contributed by atoms with Crippen LogP contribution in [0.1, 0.15) is 22.8 Å². The first-order valence-corrected chi connectivity index (χ1v) is 8.52. The molecule has 0 N–H and O–H groups in total. The number of carbonyl (C=O) groups excluding carboxylic acids is 1. The molecule has 1 aliphatic heterocycles. The molecule has 4 rings (SSSR count). The number of carbonyl (C=O) groups is 1. The molecule has 0 radical (unpaired) electrons. The number of aliphatic imine (C=N–C) groups is 1. The lowest BCUT2D eigenvalue weighted by atomic mass is 9.96. The number of nitrogens with zero attached hydrogens (tertiary/aromatic N) is 2. The van der Waals surface area contributed by atoms with Gasteiger partial charge in [-0.15, -0.1) is 0 Å². The van der Waals surface area contributed by atoms with Crippen molar-refractivity contribution in [2.75, 3.05) is 7.11 Å². The van der Waals surface area contributed by atoms with Gasteiger partial charge >= 0.3 is 5.97 Å². The summed E-state index contributed by atoms with van der Waals surface area (Å²) in [5.74, 6) is -0.0793. The zero-order valence-corrected chi connectivity index (χ0v) is 14.6. The molecule has 0 spiro atoms. The second-order valence-electron chi connectivity index (χ2n) is 6.20. The first-order valence-electron chi connectivity index (χ1n) is 8.52. The number of hydrogen-bond donors (Lipinski definition) is 0. The summed E-state index contributed by atoms with van der Waals surface area (Å²) in [5, 5.41) is 11.0. The molecule has 0 aliphatic carbocycles. The molecule has 0 amide bonds. The minimum atomic E-state index is -0.786. The zero-order valence-electron chi connectivity index (χ0n) is 14.6. The Morgan fingerprint density at radius 2 is 1.81 bits per heavy atom. The van der Waals surface area contributed by atoms with E-state index in [4.69, 9.17) is 14.7 Å². The maximum atomic E-state index is 12.4. The summed E-state index contributed by atoms with van der Waals surface area (Å²) in [7, 11) is 1.34. The standard InChI is InChI=1S/C22H16N2O3/c1-26-22(25)19-20(18-8-4-6-15-5-2-3-7-17(15)18)27-21(24-19)16-11-9-14(13-23)10-12-16/h2-12,19-20H,1H3/t19-,20-/m0/s1. The summed E-state index contributed by atoms with van der Waals surface area (Å²) < 4.78 is 11.1. The molecule has 0 saturated carbocycles. The smallest absolute Gasteiger partial charge is 0.335 e. The van der Waals surface area contributed by atoms with Gasteiger partial charge in [-0.25, -0.2) is 9.79 Å². The normalized spacial score (nSPS) is 18.4. The Morgan fingerprint density at radius 1 is 1.07 bits per heavy atom. The van der Waals surface area contributed by atoms with Crippen LogP contribution in [-0.2, 0) is 14.3 Å². The predicted molar refractivity (Wildman–Crippen MR) is 101 cm³/mol. The average molecular weight is 356 g/mol. The molecule has 0 fully saturated rings. The summed E-state index contributed by atoms with van der Waals surface area (Å²) in [5.41, 5.74) is 2.15. The number of ether oxygens (including phenoxy) is 2. The van der Waals surface area contributed by atoms with Crippen molar-refractivity contribution in [1.82, 2.24) is 0 Å². The van der Waals surface area contributed by atoms with Crippen molar-refractivity contribution in [1.29, 1.82) is 5.26 Å². The van der Waals surface area contributed by atoms with Gasteiger partial charge < -0.3 is 9.47 Å². The molecule has 0 aromatic heterocycles. The van der Waals surface area contributed by atoms with Crippen molar-refractivity contribution in [3.05, 3.63) is 83.4 Å². The molecule has 0 saturated heterocycles. The van der Waals surface area contributed by atoms with Crippen molar-refractivity contribution in [2.45, 2.75) is 12.1 Å². The summed E-state index contributed by atoms with van der Waals surface area (Å²) in [6.45, 7) is 0. The number of methoxy groups -OCH3 is 1. The highest BCUT2D eigenvalue weighted by molar-refractivity contribution is 5.99. The van der Waals surface area contributed by atoms with E-state index in [1.807, 2.05) is 42.5 Å². The first-order chi connectivity index (χ1) is 13.2. The van der Waals surface area contributed by atoms with E-state index in [0.29, 0.717) is 17.0 Å². The second-order valence-corrected chi connectivity index (χ2v) is 6.20. The van der Waals surface area contributed by atoms with Crippen molar-refractivity contribution >= 4 is 22.6 Å². The predicted octanol–water partition coefficient (Wildman–Crippen LogP) is 3.77. The van der Waals surface area contributed by atoms with Gasteiger partial charge in [-0.2, -0.15) is 5.26 Å². The van der Waals surface area contributed by atoms with Crippen molar-refractivity contribution < 1.29 is 14.3 Å². The van der Waals surface area contributed by atoms with Crippen molar-refractivity contribution in [3.63, 3.8) is 0 Å². The van der Waals surface area contributed by atoms with Gasteiger partial charge in [0, 0.05) is 11.1 Å². The Balaban J connectivity index is 1.76. The van der Waals surface area contributed by atoms with E-state index in [1.54, 1.807) is 24.3 Å². The van der Waals surface area contributed by atoms with E-state index < -0.39 is 18.1 Å². The first kappa shape index (κ1) is 16.8. The minimum Gasteiger partial charge on any atom is -0.467 e. The Hall–Kier alpha value is -3.65. The van der Waals surface area contributed by atoms with Crippen LogP contribution in [0.15, 0.2) is 71.7 Å². The third-order valence-electron chi connectivity index (χ3n) is 4.62. The summed E-state index contributed by atoms with van der Waals surface area (Å²) in [6, 6.07) is 22.1. The highest BCUT2D eigenvalue weighted by Gasteiger charge is 2.39. The van der Waals surface area contributed by atoms with Crippen molar-refractivity contribution in [2.24, 2.45) is 4.99 Å². The van der Waals surface area contributed by atoms with E-state index >= 15 is 0 Å². The third-order valence-corrected chi connectivity index (χ3v) is 4.62. The van der Waals surface area contributed by atoms with Crippen LogP contribution in [-0.4, -0.2) is 25.0 Å². The fourth-order valence-electron chi connectivity index (χ4n) is 3.27. The lowest BCUT2D eigenvalue weighted by Crippen LogP contribution is -2.25. The van der Waals surface area contributed by atoms with Crippen LogP contribution in [0.25, 0.3) is 10.8 Å². The van der Waals surface area contributed by atoms with E-state index in [1.165, 1.54) is 7.11 Å². The highest BCUT2D eigenvalue weighted by atomic mass is 16.5. The lowest BCUT2D eigenvalue weighted by molar-refractivity contribution is -0.143. The van der Waals surface area contributed by atoms with E-state index in [-0.39, 0.29) is 0 Å². The van der Waals surface area contributed by atoms with Crippen LogP contribution in [0.5, 0.6) is 0 Å². The molecular formula is C22H16N2O3. The molecule has 2 atom stereocenters. The maximum Gasteiger partial charge on any atom is 0.335 e. The SMILES string of the molecule is COC(=O)[C@H]1N=C(c2ccc(C#N)cc2)O[C@H]1c1cccc2ccccc12. The Bertz CT molecular complexity index is 1080. The Morgan fingerprint density at radius 3 is 2.56 bits per heavy atom. The van der Waals surface area contributed by atoms with Crippen LogP contribution in [0, 0.1) is 11.3 Å². The maximum absolute atomic E-state index is 12.4. The molecular weight excluding hydrogens is 340 g/mol. The molecule has 0 bridgehead atoms. The van der Waals surface area contributed by atoms with Crippen LogP contribution in [0.3, 0.4) is 0 Å². The minimum absolute atomic E-state index is 0.368. The van der Waals surface area contributed by atoms with Gasteiger partial charge in [0.25, 0.3) is 0 Å². The molecule has 0 unspecified atom stereocenters. The number of nitriles is 1. The van der Waals surface area contributed by atoms with Crippen LogP contribution < -0.4 is 0 Å². The largest absolute Gasteiger partial charge is 0.467 e. The number of benzene rings is 3. The van der Waals surface area contributed by atoms with Gasteiger partial charge in [-0.1, -0.05) is 42.5 Å². The van der Waals surface area contributed by atoms with Gasteiger partial charge in [-0.3, -0.25) is 0 Å². The average Bonchev–Trinajstić information content (AvgIpc) is 3.18. The van der Waals surface area contributed by atoms with Crippen LogP contribution in [0.4, 0.5) is 0 Å². The quantitative estimate of drug-likeness (QED) is 0.670. The van der Waals surface area contributed by atoms with Crippen LogP contribution >= 0.6 is 0 Å². The van der Waals surface area contributed by atoms with Gasteiger partial charge in [0.15, 0.2) is 12.1 Å². The number of esters is 1. The molecule has 1 heterocycles. The highest BCUT2D eigenvalue weighted by Crippen LogP contribution is 2.35. The third kappa shape index (κ3) is 3.02. The molecule has 5 nitrogen and oxygen atoms in total. The zero-order chi connectivity index (χ0) is 18.8. The summed E-state index contributed by atoms with van der Waals surface area (Å²) in [4.78, 5) is 16.8. The van der Waals surface area contributed by atoms with Gasteiger partial charge in [0.05, 0.1) is 18.7 Å². The molecule has 27 heavy (non-hydrogen) atoms. The summed E-state index contributed by atoms with van der Waals surface area (Å²) >= 11 is 0. The topological polar surface area (TPSA) is 71.7 Å². The monoisotopic (exact) mass is 356 g/mol. The van der Waals surface area contributed by atoms with E-state index in [2.05, 4.69) is 11.1 Å². The van der Waals surface area contributed by atoms with Crippen molar-refractivity contribution in [3.8, 4) is 6.07 Å². The van der Waals surface area contributed by atoms with E-state index in [9.17, 15) is 4.79 Å². The number of rotatable bonds is 3. The Kier molecular flexibility index (Phi) is 4.31. The molecule has 1 aliphatic rings. The number of hydrogen-bond acceptors (Lipinski definition) is 5. The second kappa shape index (κ2) is 6.93. The number of fused-ring (bicyclic) bond motifs is 1. The molecule has 3 aromatic carbocycles. The van der Waals surface area contributed by atoms with Gasteiger partial charge in [0.1, 0.15) is 0 Å². The lowest BCUT2D eigenvalue weighted by Gasteiger charge is -2.18. The van der Waals surface area contributed by atoms with Gasteiger partial charge in [0.2, 0.25) is 5.90 Å². The Labute approximate surface area is 156 Å². The van der Waals surface area contributed by atoms with Gasteiger partial charge in [-0.05, 0) is 35.0 Å². The molecule has 3 aromatic rings. The fraction of sp³-hybridized carbons (Fsp3) is 0.136. The molecule has 132 valence electrons. The van der Waals surface area contributed by atoms with Crippen LogP contribution in [0.2, 0.25) is 0 Å². The summed E-state index contributed by atoms with van der Waals surface area (Å²) in [6.07, 6.45) is -0.575. The van der Waals surface area contributed by atoms with E-state index in [0.717, 1.165) is 16.3 Å². The fourth-order valence-corrected chi connectivity index (χ4v) is 3.27. The molecule has 5 heteroatoms.